The Hall–Kier alpha value is -3.10. The monoisotopic (exact) mass is 407 g/mol. The molecular formula is C20H29N3O6. The van der Waals surface area contributed by atoms with Crippen molar-refractivity contribution in [3.63, 3.8) is 0 Å². The third-order valence-electron chi connectivity index (χ3n) is 3.93. The van der Waals surface area contributed by atoms with Gasteiger partial charge < -0.3 is 19.6 Å². The zero-order valence-corrected chi connectivity index (χ0v) is 17.3. The zero-order valence-electron chi connectivity index (χ0n) is 17.3. The normalized spacial score (nSPS) is 11.5. The Kier molecular flexibility index (Phi) is 9.64. The molecular weight excluding hydrogens is 378 g/mol. The quantitative estimate of drug-likeness (QED) is 0.386. The smallest absolute Gasteiger partial charge is 0.451 e. The molecule has 0 aliphatic carbocycles. The van der Waals surface area contributed by atoms with Crippen LogP contribution in [0.4, 0.5) is 4.79 Å². The predicted molar refractivity (Wildman–Crippen MR) is 106 cm³/mol. The Balaban J connectivity index is 2.99. The molecule has 0 fully saturated rings. The van der Waals surface area contributed by atoms with Gasteiger partial charge in [0, 0.05) is 7.05 Å². The van der Waals surface area contributed by atoms with Crippen LogP contribution >= 0.6 is 0 Å². The molecule has 9 heteroatoms. The molecule has 0 saturated carbocycles. The number of nitrogens with one attached hydrogen (secondary N) is 1. The molecule has 0 aliphatic rings. The summed E-state index contributed by atoms with van der Waals surface area (Å²) in [4.78, 5) is 42.5. The van der Waals surface area contributed by atoms with Crippen molar-refractivity contribution >= 4 is 24.0 Å². The summed E-state index contributed by atoms with van der Waals surface area (Å²) >= 11 is 0. The average Bonchev–Trinajstić information content (AvgIpc) is 2.67. The summed E-state index contributed by atoms with van der Waals surface area (Å²) in [6.45, 7) is 5.53. The van der Waals surface area contributed by atoms with Crippen molar-refractivity contribution < 1.29 is 29.1 Å². The van der Waals surface area contributed by atoms with Gasteiger partial charge in [-0.1, -0.05) is 62.6 Å². The number of guanidine groups is 1. The highest BCUT2D eigenvalue weighted by Crippen LogP contribution is 2.12. The molecule has 1 rings (SSSR count). The number of aliphatic carboxylic acids is 1. The van der Waals surface area contributed by atoms with Crippen molar-refractivity contribution in [1.82, 2.24) is 9.96 Å². The number of nitrogens with zero attached hydrogens (tertiary/aromatic N) is 2. The number of likely N-dealkylation sites (N-methyl/N-ethyl adjacent to an activating group) is 1. The van der Waals surface area contributed by atoms with Crippen LogP contribution in [-0.2, 0) is 25.6 Å². The number of hydrogen-bond acceptors (Lipinski definition) is 6. The number of hydrogen-bond donors (Lipinski definition) is 2. The second-order valence-electron chi connectivity index (χ2n) is 6.97. The lowest BCUT2D eigenvalue weighted by molar-refractivity contribution is -0.169. The molecule has 0 aromatic heterocycles. The van der Waals surface area contributed by atoms with E-state index in [9.17, 15) is 19.5 Å². The molecule has 1 aromatic carbocycles. The maximum absolute atomic E-state index is 12.4. The second-order valence-corrected chi connectivity index (χ2v) is 6.97. The van der Waals surface area contributed by atoms with E-state index in [0.717, 1.165) is 4.90 Å². The fourth-order valence-corrected chi connectivity index (χ4v) is 2.41. The molecule has 2 N–H and O–H groups in total. The summed E-state index contributed by atoms with van der Waals surface area (Å²) < 4.78 is 5.08. The molecule has 1 aromatic rings. The van der Waals surface area contributed by atoms with E-state index in [0.29, 0.717) is 17.0 Å². The van der Waals surface area contributed by atoms with Crippen LogP contribution in [0, 0.1) is 11.3 Å². The van der Waals surface area contributed by atoms with Crippen molar-refractivity contribution in [2.75, 3.05) is 13.7 Å². The van der Waals surface area contributed by atoms with Crippen LogP contribution in [0.25, 0.3) is 0 Å². The first-order valence-electron chi connectivity index (χ1n) is 9.43. The van der Waals surface area contributed by atoms with E-state index < -0.39 is 30.0 Å². The largest absolute Gasteiger partial charge is 0.480 e. The molecule has 29 heavy (non-hydrogen) atoms. The maximum Gasteiger partial charge on any atom is 0.451 e. The lowest BCUT2D eigenvalue weighted by atomic mass is 10.1. The summed E-state index contributed by atoms with van der Waals surface area (Å²) in [5.41, 5.74) is 0.669. The van der Waals surface area contributed by atoms with Gasteiger partial charge >= 0.3 is 18.0 Å². The van der Waals surface area contributed by atoms with E-state index in [1.165, 1.54) is 7.05 Å². The van der Waals surface area contributed by atoms with Crippen LogP contribution in [0.5, 0.6) is 0 Å². The topological polar surface area (TPSA) is 120 Å². The fourth-order valence-electron chi connectivity index (χ4n) is 2.41. The minimum absolute atomic E-state index is 0.0274. The molecule has 1 atom stereocenters. The molecule has 1 unspecified atom stereocenters. The number of carbonyl (C=O) groups is 3. The first-order chi connectivity index (χ1) is 13.7. The summed E-state index contributed by atoms with van der Waals surface area (Å²) in [7, 11) is 1.35. The number of benzene rings is 1. The summed E-state index contributed by atoms with van der Waals surface area (Å²) in [6.07, 6.45) is -0.373. The van der Waals surface area contributed by atoms with Gasteiger partial charge in [-0.15, -0.1) is 0 Å². The molecule has 0 aliphatic heterocycles. The van der Waals surface area contributed by atoms with Gasteiger partial charge in [0.25, 0.3) is 0 Å². The highest BCUT2D eigenvalue weighted by molar-refractivity contribution is 5.94. The number of carbonyl (C=O) groups excluding carboxylic acids is 2. The molecule has 9 nitrogen and oxygen atoms in total. The van der Waals surface area contributed by atoms with Crippen LogP contribution in [0.3, 0.4) is 0 Å². The van der Waals surface area contributed by atoms with Crippen molar-refractivity contribution in [1.29, 1.82) is 5.41 Å². The first-order valence-corrected chi connectivity index (χ1v) is 9.43. The van der Waals surface area contributed by atoms with Crippen LogP contribution in [0.2, 0.25) is 0 Å². The lowest BCUT2D eigenvalue weighted by Gasteiger charge is -2.31. The van der Waals surface area contributed by atoms with Gasteiger partial charge in [0.15, 0.2) is 0 Å². The number of carboxylic acids is 1. The Morgan fingerprint density at radius 3 is 2.31 bits per heavy atom. The van der Waals surface area contributed by atoms with Gasteiger partial charge in [-0.05, 0) is 17.9 Å². The van der Waals surface area contributed by atoms with Crippen molar-refractivity contribution in [3.05, 3.63) is 35.9 Å². The van der Waals surface area contributed by atoms with Crippen LogP contribution in [-0.4, -0.2) is 58.8 Å². The number of amides is 1. The number of ether oxygens (including phenoxy) is 1. The van der Waals surface area contributed by atoms with Crippen molar-refractivity contribution in [2.24, 2.45) is 5.92 Å². The molecule has 160 valence electrons. The molecule has 0 heterocycles. The predicted octanol–water partition coefficient (Wildman–Crippen LogP) is 2.90. The summed E-state index contributed by atoms with van der Waals surface area (Å²) in [5, 5.41) is 18.1. The van der Waals surface area contributed by atoms with Gasteiger partial charge in [-0.25, -0.2) is 14.4 Å². The van der Waals surface area contributed by atoms with Gasteiger partial charge in [-0.2, -0.15) is 0 Å². The van der Waals surface area contributed by atoms with E-state index in [4.69, 9.17) is 15.0 Å². The van der Waals surface area contributed by atoms with E-state index in [1.807, 2.05) is 20.8 Å². The highest BCUT2D eigenvalue weighted by atomic mass is 16.8. The zero-order chi connectivity index (χ0) is 22.0. The standard InChI is InChI=1S/C20H29N3O6/c1-5-9-16(18(25)26)22(4)19(21)23(20(27)28-13-14(2)3)29-17(24)12-15-10-7-6-8-11-15/h6-8,10-11,14,16,21H,5,9,12-13H2,1-4H3,(H,25,26). The molecule has 1 amide bonds. The highest BCUT2D eigenvalue weighted by Gasteiger charge is 2.33. The number of hydroxylamine groups is 2. The van der Waals surface area contributed by atoms with Gasteiger partial charge in [0.1, 0.15) is 6.04 Å². The Morgan fingerprint density at radius 1 is 1.17 bits per heavy atom. The summed E-state index contributed by atoms with van der Waals surface area (Å²) in [6, 6.07) is 7.71. The minimum atomic E-state index is -1.15. The van der Waals surface area contributed by atoms with Crippen LogP contribution < -0.4 is 0 Å². The minimum Gasteiger partial charge on any atom is -0.480 e. The second kappa shape index (κ2) is 11.7. The van der Waals surface area contributed by atoms with Gasteiger partial charge in [-0.3, -0.25) is 5.41 Å². The third kappa shape index (κ3) is 7.81. The van der Waals surface area contributed by atoms with E-state index >= 15 is 0 Å². The molecule has 0 radical (unpaired) electrons. The van der Waals surface area contributed by atoms with E-state index in [2.05, 4.69) is 0 Å². The fraction of sp³-hybridized carbons (Fsp3) is 0.500. The van der Waals surface area contributed by atoms with Crippen LogP contribution in [0.1, 0.15) is 39.2 Å². The third-order valence-corrected chi connectivity index (χ3v) is 3.93. The Bertz CT molecular complexity index is 707. The molecule has 0 spiro atoms. The molecule has 0 bridgehead atoms. The van der Waals surface area contributed by atoms with Crippen LogP contribution in [0.15, 0.2) is 30.3 Å². The SMILES string of the molecule is CCCC(C(=O)O)N(C)C(=N)N(OC(=O)Cc1ccccc1)C(=O)OCC(C)C. The average molecular weight is 407 g/mol. The van der Waals surface area contributed by atoms with Gasteiger partial charge in [0.2, 0.25) is 5.96 Å². The van der Waals surface area contributed by atoms with Gasteiger partial charge in [0.05, 0.1) is 13.0 Å². The Morgan fingerprint density at radius 2 is 1.79 bits per heavy atom. The van der Waals surface area contributed by atoms with E-state index in [1.54, 1.807) is 30.3 Å². The molecule has 0 saturated heterocycles. The van der Waals surface area contributed by atoms with E-state index in [-0.39, 0.29) is 25.4 Å². The Labute approximate surface area is 170 Å². The maximum atomic E-state index is 12.4. The lowest BCUT2D eigenvalue weighted by Crippen LogP contribution is -2.52. The van der Waals surface area contributed by atoms with Crippen molar-refractivity contribution in [3.8, 4) is 0 Å². The first kappa shape index (κ1) is 23.9. The number of carboxylic acid groups (broad SMARTS) is 1. The summed E-state index contributed by atoms with van der Waals surface area (Å²) in [5.74, 6) is -2.50. The van der Waals surface area contributed by atoms with Crippen molar-refractivity contribution in [2.45, 2.75) is 46.1 Å². The number of rotatable bonds is 8.